The van der Waals surface area contributed by atoms with E-state index >= 15 is 0 Å². The lowest BCUT2D eigenvalue weighted by molar-refractivity contribution is 0.0115. The van der Waals surface area contributed by atoms with Gasteiger partial charge in [0.05, 0.1) is 12.1 Å². The van der Waals surface area contributed by atoms with E-state index in [1.165, 1.54) is 0 Å². The maximum Gasteiger partial charge on any atom is 0.276 e. The summed E-state index contributed by atoms with van der Waals surface area (Å²) in [6.07, 6.45) is 6.57. The molecule has 1 amide bonds. The van der Waals surface area contributed by atoms with Gasteiger partial charge in [-0.25, -0.2) is 8.78 Å². The van der Waals surface area contributed by atoms with Crippen molar-refractivity contribution in [3.05, 3.63) is 59.8 Å². The minimum atomic E-state index is -2.62. The van der Waals surface area contributed by atoms with Gasteiger partial charge in [0.25, 0.3) is 11.8 Å². The molecule has 3 aromatic rings. The van der Waals surface area contributed by atoms with Crippen LogP contribution in [0.4, 0.5) is 8.78 Å². The summed E-state index contributed by atoms with van der Waals surface area (Å²) in [5.74, 6) is -2.92. The van der Waals surface area contributed by atoms with Crippen molar-refractivity contribution in [2.45, 2.75) is 31.7 Å². The molecule has 2 aliphatic heterocycles. The van der Waals surface area contributed by atoms with E-state index < -0.39 is 5.92 Å². The van der Waals surface area contributed by atoms with E-state index in [1.807, 2.05) is 38.4 Å². The zero-order valence-electron chi connectivity index (χ0n) is 20.4. The van der Waals surface area contributed by atoms with Crippen LogP contribution in [0.25, 0.3) is 22.0 Å². The number of nitrogens with zero attached hydrogens (tertiary/aromatic N) is 5. The number of carbonyl (C=O) groups is 1. The van der Waals surface area contributed by atoms with E-state index in [4.69, 9.17) is 0 Å². The number of aliphatic imine (C=N–C) groups is 1. The largest absolute Gasteiger partial charge is 0.323 e. The Bertz CT molecular complexity index is 1350. The van der Waals surface area contributed by atoms with Crippen molar-refractivity contribution in [3.63, 3.8) is 0 Å². The third-order valence-corrected chi connectivity index (χ3v) is 6.42. The van der Waals surface area contributed by atoms with E-state index in [-0.39, 0.29) is 18.9 Å². The first-order valence-electron chi connectivity index (χ1n) is 12.0. The van der Waals surface area contributed by atoms with Crippen LogP contribution < -0.4 is 5.32 Å². The predicted octanol–water partition coefficient (Wildman–Crippen LogP) is 3.83. The quantitative estimate of drug-likeness (QED) is 0.522. The summed E-state index contributed by atoms with van der Waals surface area (Å²) >= 11 is 0. The normalized spacial score (nSPS) is 17.9. The van der Waals surface area contributed by atoms with E-state index in [2.05, 4.69) is 30.4 Å². The molecule has 10 heteroatoms. The fourth-order valence-electron chi connectivity index (χ4n) is 4.66. The lowest BCUT2D eigenvalue weighted by Gasteiger charge is -2.17. The molecule has 2 aromatic heterocycles. The molecule has 8 nitrogen and oxygen atoms in total. The number of amides is 1. The van der Waals surface area contributed by atoms with Crippen LogP contribution in [0.3, 0.4) is 0 Å². The van der Waals surface area contributed by atoms with Gasteiger partial charge in [-0.15, -0.1) is 0 Å². The summed E-state index contributed by atoms with van der Waals surface area (Å²) in [5.41, 5.74) is 5.49. The Morgan fingerprint density at radius 1 is 1.19 bits per heavy atom. The Kier molecular flexibility index (Phi) is 6.63. The highest BCUT2D eigenvalue weighted by atomic mass is 19.3. The van der Waals surface area contributed by atoms with Gasteiger partial charge in [0.15, 0.2) is 5.69 Å². The zero-order valence-corrected chi connectivity index (χ0v) is 20.4. The molecular formula is C26H29F2N7O. The number of aromatic nitrogens is 3. The molecule has 0 atom stereocenters. The number of alkyl halides is 2. The van der Waals surface area contributed by atoms with E-state index in [0.29, 0.717) is 30.6 Å². The second-order valence-electron chi connectivity index (χ2n) is 9.77. The predicted molar refractivity (Wildman–Crippen MR) is 135 cm³/mol. The van der Waals surface area contributed by atoms with Crippen LogP contribution in [0, 0.1) is 0 Å². The van der Waals surface area contributed by atoms with Gasteiger partial charge in [0.2, 0.25) is 0 Å². The lowest BCUT2D eigenvalue weighted by atomic mass is 10.0. The van der Waals surface area contributed by atoms with Crippen LogP contribution in [0.15, 0.2) is 53.5 Å². The van der Waals surface area contributed by atoms with Gasteiger partial charge >= 0.3 is 0 Å². The summed E-state index contributed by atoms with van der Waals surface area (Å²) in [6, 6.07) is 7.67. The zero-order chi connectivity index (χ0) is 25.3. The number of likely N-dealkylation sites (tertiary alicyclic amines) is 1. The number of aromatic amines is 1. The Hall–Kier alpha value is -3.50. The third-order valence-electron chi connectivity index (χ3n) is 6.42. The number of allylic oxidation sites excluding steroid dienone is 1. The number of hydrogen-bond acceptors (Lipinski definition) is 6. The Balaban J connectivity index is 1.33. The number of rotatable bonds is 7. The number of carbonyl (C=O) groups excluding carboxylic acids is 1. The van der Waals surface area contributed by atoms with Crippen LogP contribution in [-0.2, 0) is 6.54 Å². The van der Waals surface area contributed by atoms with Crippen molar-refractivity contribution < 1.29 is 13.6 Å². The monoisotopic (exact) mass is 493 g/mol. The molecule has 0 bridgehead atoms. The topological polar surface area (TPSA) is 89.5 Å². The molecule has 2 N–H and O–H groups in total. The SMILES string of the molecule is CN(C)CC1=NC=C(NC(=O)c2n[nH]c3ccc(-c4cncc(CN5CCC(F)(F)C5)c4)cc23)CC1. The minimum Gasteiger partial charge on any atom is -0.323 e. The van der Waals surface area contributed by atoms with E-state index in [0.717, 1.165) is 46.6 Å². The van der Waals surface area contributed by atoms with Gasteiger partial charge in [-0.1, -0.05) is 6.07 Å². The molecule has 0 saturated carbocycles. The second-order valence-corrected chi connectivity index (χ2v) is 9.77. The number of benzene rings is 1. The lowest BCUT2D eigenvalue weighted by Crippen LogP contribution is -2.27. The number of pyridine rings is 1. The third kappa shape index (κ3) is 5.50. The Labute approximate surface area is 208 Å². The van der Waals surface area contributed by atoms with Gasteiger partial charge in [-0.3, -0.25) is 24.8 Å². The average Bonchev–Trinajstić information content (AvgIpc) is 3.42. The fraction of sp³-hybridized carbons (Fsp3) is 0.385. The molecule has 0 spiro atoms. The smallest absolute Gasteiger partial charge is 0.276 e. The molecule has 0 aliphatic carbocycles. The molecule has 5 rings (SSSR count). The first-order chi connectivity index (χ1) is 17.3. The first kappa shape index (κ1) is 24.2. The van der Waals surface area contributed by atoms with Crippen molar-refractivity contribution in [1.29, 1.82) is 0 Å². The number of hydrogen-bond donors (Lipinski definition) is 2. The highest BCUT2D eigenvalue weighted by Crippen LogP contribution is 2.29. The highest BCUT2D eigenvalue weighted by molar-refractivity contribution is 6.06. The van der Waals surface area contributed by atoms with Crippen LogP contribution in [0.1, 0.15) is 35.3 Å². The highest BCUT2D eigenvalue weighted by Gasteiger charge is 2.37. The molecule has 36 heavy (non-hydrogen) atoms. The van der Waals surface area contributed by atoms with Gasteiger partial charge in [-0.05, 0) is 56.3 Å². The van der Waals surface area contributed by atoms with Crippen LogP contribution in [-0.4, -0.2) is 76.3 Å². The maximum atomic E-state index is 13.6. The van der Waals surface area contributed by atoms with Gasteiger partial charge in [-0.2, -0.15) is 5.10 Å². The average molecular weight is 494 g/mol. The Morgan fingerprint density at radius 3 is 2.78 bits per heavy atom. The summed E-state index contributed by atoms with van der Waals surface area (Å²) in [6.45, 7) is 1.36. The molecule has 1 aromatic carbocycles. The number of halogens is 2. The van der Waals surface area contributed by atoms with Crippen molar-refractivity contribution >= 4 is 22.5 Å². The van der Waals surface area contributed by atoms with Crippen molar-refractivity contribution in [2.75, 3.05) is 33.7 Å². The molecule has 0 unspecified atom stereocenters. The fourth-order valence-corrected chi connectivity index (χ4v) is 4.66. The van der Waals surface area contributed by atoms with Crippen LogP contribution >= 0.6 is 0 Å². The molecular weight excluding hydrogens is 464 g/mol. The maximum absolute atomic E-state index is 13.6. The summed E-state index contributed by atoms with van der Waals surface area (Å²) in [4.78, 5) is 25.6. The molecule has 0 radical (unpaired) electrons. The number of H-pyrrole nitrogens is 1. The second kappa shape index (κ2) is 9.87. The van der Waals surface area contributed by atoms with E-state index in [9.17, 15) is 13.6 Å². The van der Waals surface area contributed by atoms with Crippen molar-refractivity contribution in [2.24, 2.45) is 4.99 Å². The van der Waals surface area contributed by atoms with Gasteiger partial charge in [0, 0.05) is 67.0 Å². The summed E-state index contributed by atoms with van der Waals surface area (Å²) in [7, 11) is 4.00. The van der Waals surface area contributed by atoms with Gasteiger partial charge in [0.1, 0.15) is 0 Å². The minimum absolute atomic E-state index is 0.109. The van der Waals surface area contributed by atoms with E-state index in [1.54, 1.807) is 23.5 Å². The van der Waals surface area contributed by atoms with Gasteiger partial charge < -0.3 is 10.2 Å². The summed E-state index contributed by atoms with van der Waals surface area (Å²) < 4.78 is 27.1. The standard InChI is InChI=1S/C26H29F2N7O/c1-34(2)15-21-5-4-20(13-30-21)31-25(36)24-22-10-18(3-6-23(22)32-33-24)19-9-17(11-29-12-19)14-35-8-7-26(27,28)16-35/h3,6,9-13H,4-5,7-8,14-16H2,1-2H3,(H,31,36)(H,32,33). The number of nitrogens with one attached hydrogen (secondary N) is 2. The Morgan fingerprint density at radius 2 is 2.06 bits per heavy atom. The molecule has 4 heterocycles. The van der Waals surface area contributed by atoms with Crippen LogP contribution in [0.2, 0.25) is 0 Å². The number of fused-ring (bicyclic) bond motifs is 1. The molecule has 1 fully saturated rings. The van der Waals surface area contributed by atoms with Crippen molar-refractivity contribution in [1.82, 2.24) is 30.3 Å². The molecule has 2 aliphatic rings. The summed E-state index contributed by atoms with van der Waals surface area (Å²) in [5, 5.41) is 10.8. The molecule has 188 valence electrons. The first-order valence-corrected chi connectivity index (χ1v) is 12.0. The van der Waals surface area contributed by atoms with Crippen LogP contribution in [0.5, 0.6) is 0 Å². The van der Waals surface area contributed by atoms with Crippen molar-refractivity contribution in [3.8, 4) is 11.1 Å². The molecule has 1 saturated heterocycles.